The van der Waals surface area contributed by atoms with Gasteiger partial charge in [-0.3, -0.25) is 0 Å². The molecule has 0 atom stereocenters. The number of ether oxygens (including phenoxy) is 3. The van der Waals surface area contributed by atoms with Crippen LogP contribution in [-0.4, -0.2) is 25.6 Å². The topological polar surface area (TPSA) is 70.3 Å². The quantitative estimate of drug-likeness (QED) is 0.463. The van der Waals surface area contributed by atoms with E-state index in [1.54, 1.807) is 49.6 Å². The maximum absolute atomic E-state index is 11.9. The van der Waals surface area contributed by atoms with E-state index in [0.29, 0.717) is 23.9 Å². The van der Waals surface area contributed by atoms with Crippen molar-refractivity contribution in [1.82, 2.24) is 0 Å². The Balaban J connectivity index is 1.88. The minimum Gasteiger partial charge on any atom is -0.493 e. The van der Waals surface area contributed by atoms with Gasteiger partial charge in [-0.15, -0.1) is 0 Å². The highest BCUT2D eigenvalue weighted by atomic mass is 16.6. The molecule has 6 heteroatoms. The monoisotopic (exact) mass is 325 g/mol. The van der Waals surface area contributed by atoms with Crippen molar-refractivity contribution < 1.29 is 23.4 Å². The summed E-state index contributed by atoms with van der Waals surface area (Å²) in [6.07, 6.45) is 4.74. The predicted molar refractivity (Wildman–Crippen MR) is 88.0 cm³/mol. The predicted octanol–water partition coefficient (Wildman–Crippen LogP) is 3.20. The van der Waals surface area contributed by atoms with Crippen molar-refractivity contribution in [3.8, 4) is 11.5 Å². The third kappa shape index (κ3) is 3.22. The van der Waals surface area contributed by atoms with Crippen LogP contribution in [0.15, 0.2) is 64.4 Å². The van der Waals surface area contributed by atoms with Gasteiger partial charge in [-0.25, -0.2) is 9.79 Å². The molecule has 0 spiro atoms. The fraction of sp³-hybridized carbons (Fsp3) is 0.111. The number of methoxy groups -OCH3 is 1. The SMILES string of the molecule is C=CCOc1ccc(/C=C2/N=C(c3ccco3)OC2=O)cc1OC. The number of hydrogen-bond donors (Lipinski definition) is 0. The number of carbonyl (C=O) groups is 1. The van der Waals surface area contributed by atoms with Crippen LogP contribution in [-0.2, 0) is 9.53 Å². The molecule has 0 aliphatic carbocycles. The first kappa shape index (κ1) is 15.6. The standard InChI is InChI=1S/C18H15NO5/c1-3-8-22-14-7-6-12(11-16(14)21-2)10-13-18(20)24-17(19-13)15-5-4-9-23-15/h3-7,9-11H,1,8H2,2H3/b13-10+. The number of esters is 1. The van der Waals surface area contributed by atoms with Gasteiger partial charge in [0.2, 0.25) is 0 Å². The maximum atomic E-state index is 11.9. The Hall–Kier alpha value is -3.28. The van der Waals surface area contributed by atoms with Crippen LogP contribution < -0.4 is 9.47 Å². The van der Waals surface area contributed by atoms with Crippen LogP contribution in [0.25, 0.3) is 6.08 Å². The molecule has 1 aromatic heterocycles. The van der Waals surface area contributed by atoms with E-state index in [0.717, 1.165) is 5.56 Å². The Morgan fingerprint density at radius 2 is 2.17 bits per heavy atom. The Morgan fingerprint density at radius 3 is 2.88 bits per heavy atom. The number of aliphatic imine (C=N–C) groups is 1. The van der Waals surface area contributed by atoms with Crippen molar-refractivity contribution >= 4 is 17.9 Å². The molecule has 1 aliphatic rings. The molecule has 24 heavy (non-hydrogen) atoms. The Bertz CT molecular complexity index is 818. The van der Waals surface area contributed by atoms with E-state index < -0.39 is 5.97 Å². The zero-order chi connectivity index (χ0) is 16.9. The number of nitrogens with zero attached hydrogens (tertiary/aromatic N) is 1. The van der Waals surface area contributed by atoms with Gasteiger partial charge in [0.05, 0.1) is 13.4 Å². The van der Waals surface area contributed by atoms with Crippen molar-refractivity contribution in [2.24, 2.45) is 4.99 Å². The fourth-order valence-corrected chi connectivity index (χ4v) is 2.11. The van der Waals surface area contributed by atoms with Crippen LogP contribution in [0.1, 0.15) is 11.3 Å². The van der Waals surface area contributed by atoms with Gasteiger partial charge >= 0.3 is 5.97 Å². The number of furan rings is 1. The van der Waals surface area contributed by atoms with E-state index in [1.807, 2.05) is 0 Å². The molecule has 0 amide bonds. The van der Waals surface area contributed by atoms with Crippen molar-refractivity contribution in [2.45, 2.75) is 0 Å². The van der Waals surface area contributed by atoms with E-state index in [9.17, 15) is 4.79 Å². The normalized spacial score (nSPS) is 15.1. The van der Waals surface area contributed by atoms with Gasteiger partial charge in [-0.05, 0) is 35.9 Å². The summed E-state index contributed by atoms with van der Waals surface area (Å²) in [5, 5.41) is 0. The molecule has 6 nitrogen and oxygen atoms in total. The second kappa shape index (κ2) is 6.87. The van der Waals surface area contributed by atoms with Crippen LogP contribution >= 0.6 is 0 Å². The number of cyclic esters (lactones) is 1. The third-order valence-corrected chi connectivity index (χ3v) is 3.20. The average molecular weight is 325 g/mol. The first-order chi connectivity index (χ1) is 11.7. The number of carbonyl (C=O) groups excluding carboxylic acids is 1. The summed E-state index contributed by atoms with van der Waals surface area (Å²) >= 11 is 0. The molecule has 0 unspecified atom stereocenters. The van der Waals surface area contributed by atoms with Crippen molar-refractivity contribution in [1.29, 1.82) is 0 Å². The molecule has 0 saturated heterocycles. The maximum Gasteiger partial charge on any atom is 0.363 e. The smallest absolute Gasteiger partial charge is 0.363 e. The van der Waals surface area contributed by atoms with Gasteiger partial charge in [0, 0.05) is 0 Å². The molecule has 2 aromatic rings. The molecule has 0 fully saturated rings. The molecule has 122 valence electrons. The molecule has 0 saturated carbocycles. The second-order valence-corrected chi connectivity index (χ2v) is 4.82. The lowest BCUT2D eigenvalue weighted by Gasteiger charge is -2.09. The molecule has 0 radical (unpaired) electrons. The molecule has 0 N–H and O–H groups in total. The first-order valence-electron chi connectivity index (χ1n) is 7.19. The van der Waals surface area contributed by atoms with E-state index in [1.165, 1.54) is 6.26 Å². The summed E-state index contributed by atoms with van der Waals surface area (Å²) in [7, 11) is 1.55. The van der Waals surface area contributed by atoms with Crippen LogP contribution in [0.5, 0.6) is 11.5 Å². The van der Waals surface area contributed by atoms with E-state index in [2.05, 4.69) is 11.6 Å². The molecule has 3 rings (SSSR count). The zero-order valence-electron chi connectivity index (χ0n) is 13.0. The second-order valence-electron chi connectivity index (χ2n) is 4.82. The lowest BCUT2D eigenvalue weighted by Crippen LogP contribution is -2.04. The van der Waals surface area contributed by atoms with Gasteiger partial charge in [0.1, 0.15) is 6.61 Å². The average Bonchev–Trinajstić information content (AvgIpc) is 3.24. The number of benzene rings is 1. The summed E-state index contributed by atoms with van der Waals surface area (Å²) in [4.78, 5) is 16.1. The fourth-order valence-electron chi connectivity index (χ4n) is 2.11. The Labute approximate surface area is 138 Å². The lowest BCUT2D eigenvalue weighted by molar-refractivity contribution is -0.130. The minimum atomic E-state index is -0.535. The molecular formula is C18H15NO5. The highest BCUT2D eigenvalue weighted by molar-refractivity contribution is 6.11. The minimum absolute atomic E-state index is 0.147. The van der Waals surface area contributed by atoms with Crippen molar-refractivity contribution in [3.63, 3.8) is 0 Å². The molecule has 1 aromatic carbocycles. The summed E-state index contributed by atoms with van der Waals surface area (Å²) in [5.41, 5.74) is 0.914. The molecule has 0 bridgehead atoms. The van der Waals surface area contributed by atoms with E-state index >= 15 is 0 Å². The van der Waals surface area contributed by atoms with Crippen molar-refractivity contribution in [2.75, 3.05) is 13.7 Å². The van der Waals surface area contributed by atoms with Crippen molar-refractivity contribution in [3.05, 3.63) is 66.3 Å². The number of rotatable bonds is 6. The van der Waals surface area contributed by atoms with Crippen LogP contribution in [0.2, 0.25) is 0 Å². The summed E-state index contributed by atoms with van der Waals surface area (Å²) < 4.78 is 21.1. The molecular weight excluding hydrogens is 310 g/mol. The summed E-state index contributed by atoms with van der Waals surface area (Å²) in [6, 6.07) is 8.66. The number of hydrogen-bond acceptors (Lipinski definition) is 6. The van der Waals surface area contributed by atoms with Gasteiger partial charge in [0.15, 0.2) is 23.0 Å². The largest absolute Gasteiger partial charge is 0.493 e. The van der Waals surface area contributed by atoms with Crippen LogP contribution in [0, 0.1) is 0 Å². The highest BCUT2D eigenvalue weighted by Crippen LogP contribution is 2.29. The van der Waals surface area contributed by atoms with E-state index in [4.69, 9.17) is 18.6 Å². The van der Waals surface area contributed by atoms with Gasteiger partial charge < -0.3 is 18.6 Å². The van der Waals surface area contributed by atoms with Crippen LogP contribution in [0.4, 0.5) is 0 Å². The molecule has 2 heterocycles. The Kier molecular flexibility index (Phi) is 4.47. The first-order valence-corrected chi connectivity index (χ1v) is 7.19. The van der Waals surface area contributed by atoms with E-state index in [-0.39, 0.29) is 11.6 Å². The summed E-state index contributed by atoms with van der Waals surface area (Å²) in [6.45, 7) is 3.98. The van der Waals surface area contributed by atoms with Gasteiger partial charge in [0.25, 0.3) is 5.90 Å². The highest BCUT2D eigenvalue weighted by Gasteiger charge is 2.25. The van der Waals surface area contributed by atoms with Crippen LogP contribution in [0.3, 0.4) is 0 Å². The van der Waals surface area contributed by atoms with Gasteiger partial charge in [-0.2, -0.15) is 0 Å². The lowest BCUT2D eigenvalue weighted by atomic mass is 10.1. The van der Waals surface area contributed by atoms with Gasteiger partial charge in [-0.1, -0.05) is 18.7 Å². The molecule has 1 aliphatic heterocycles. The Morgan fingerprint density at radius 1 is 1.29 bits per heavy atom. The third-order valence-electron chi connectivity index (χ3n) is 3.20. The zero-order valence-corrected chi connectivity index (χ0v) is 13.0. The summed E-state index contributed by atoms with van der Waals surface area (Å²) in [5.74, 6) is 1.15.